The minimum atomic E-state index is -0.770. The molecule has 0 unspecified atom stereocenters. The highest BCUT2D eigenvalue weighted by atomic mass is 16.3. The van der Waals surface area contributed by atoms with Crippen LogP contribution in [0.25, 0.3) is 0 Å². The van der Waals surface area contributed by atoms with Gasteiger partial charge in [-0.15, -0.1) is 0 Å². The molecule has 0 spiro atoms. The monoisotopic (exact) mass is 322 g/mol. The number of furan rings is 1. The molecule has 8 nitrogen and oxygen atoms in total. The lowest BCUT2D eigenvalue weighted by atomic mass is 10.1. The number of nitrogens with one attached hydrogen (secondary N) is 3. The molecule has 1 aliphatic heterocycles. The van der Waals surface area contributed by atoms with Crippen LogP contribution in [-0.4, -0.2) is 55.5 Å². The van der Waals surface area contributed by atoms with Crippen molar-refractivity contribution < 1.29 is 18.8 Å². The molecule has 1 atom stereocenters. The maximum absolute atomic E-state index is 12.3. The van der Waals surface area contributed by atoms with E-state index in [-0.39, 0.29) is 24.3 Å². The Labute approximate surface area is 134 Å². The van der Waals surface area contributed by atoms with Crippen LogP contribution in [0.2, 0.25) is 0 Å². The zero-order chi connectivity index (χ0) is 16.7. The molecule has 8 heteroatoms. The minimum absolute atomic E-state index is 0.0395. The summed E-state index contributed by atoms with van der Waals surface area (Å²) in [4.78, 5) is 37.1. The van der Waals surface area contributed by atoms with Crippen LogP contribution in [0.4, 0.5) is 4.79 Å². The lowest BCUT2D eigenvalue weighted by Gasteiger charge is -2.34. The molecule has 1 aliphatic rings. The van der Waals surface area contributed by atoms with Crippen molar-refractivity contribution in [3.05, 3.63) is 24.2 Å². The lowest BCUT2D eigenvalue weighted by Crippen LogP contribution is -2.60. The average Bonchev–Trinajstić information content (AvgIpc) is 3.06. The van der Waals surface area contributed by atoms with E-state index in [2.05, 4.69) is 16.0 Å². The van der Waals surface area contributed by atoms with Crippen LogP contribution in [0.1, 0.15) is 18.6 Å². The summed E-state index contributed by atoms with van der Waals surface area (Å²) in [5, 5.41) is 7.94. The molecule has 1 aromatic heterocycles. The summed E-state index contributed by atoms with van der Waals surface area (Å²) in [5.41, 5.74) is 0. The molecule has 0 radical (unpaired) electrons. The number of amides is 4. The van der Waals surface area contributed by atoms with Crippen molar-refractivity contribution in [1.82, 2.24) is 20.9 Å². The van der Waals surface area contributed by atoms with Crippen molar-refractivity contribution in [3.63, 3.8) is 0 Å². The van der Waals surface area contributed by atoms with Crippen LogP contribution in [0.15, 0.2) is 22.8 Å². The predicted molar refractivity (Wildman–Crippen MR) is 82.6 cm³/mol. The molecule has 0 aromatic carbocycles. The molecule has 1 aromatic rings. The van der Waals surface area contributed by atoms with Gasteiger partial charge < -0.3 is 25.3 Å². The third-order valence-corrected chi connectivity index (χ3v) is 3.71. The first-order chi connectivity index (χ1) is 11.1. The second kappa shape index (κ2) is 8.21. The number of nitrogens with zero attached hydrogens (tertiary/aromatic N) is 1. The van der Waals surface area contributed by atoms with E-state index in [9.17, 15) is 14.4 Å². The van der Waals surface area contributed by atoms with Crippen molar-refractivity contribution in [2.75, 3.05) is 26.7 Å². The summed E-state index contributed by atoms with van der Waals surface area (Å²) in [6, 6.07) is 2.61. The largest absolute Gasteiger partial charge is 0.469 e. The van der Waals surface area contributed by atoms with Crippen molar-refractivity contribution in [3.8, 4) is 0 Å². The smallest absolute Gasteiger partial charge is 0.318 e. The van der Waals surface area contributed by atoms with Gasteiger partial charge in [-0.2, -0.15) is 0 Å². The van der Waals surface area contributed by atoms with E-state index in [1.807, 2.05) is 12.1 Å². The highest BCUT2D eigenvalue weighted by molar-refractivity contribution is 5.92. The Morgan fingerprint density at radius 1 is 1.48 bits per heavy atom. The second-order valence-corrected chi connectivity index (χ2v) is 5.29. The molecular weight excluding hydrogens is 300 g/mol. The van der Waals surface area contributed by atoms with Crippen LogP contribution in [0, 0.1) is 0 Å². The molecular formula is C15H22N4O4. The highest BCUT2D eigenvalue weighted by Crippen LogP contribution is 2.09. The van der Waals surface area contributed by atoms with E-state index < -0.39 is 6.04 Å². The van der Waals surface area contributed by atoms with Gasteiger partial charge in [0.25, 0.3) is 0 Å². The van der Waals surface area contributed by atoms with Gasteiger partial charge in [0.05, 0.1) is 12.7 Å². The van der Waals surface area contributed by atoms with Gasteiger partial charge in [-0.3, -0.25) is 9.59 Å². The lowest BCUT2D eigenvalue weighted by molar-refractivity contribution is -0.132. The molecule has 1 saturated heterocycles. The van der Waals surface area contributed by atoms with Crippen LogP contribution >= 0.6 is 0 Å². The first-order valence-corrected chi connectivity index (χ1v) is 7.67. The Morgan fingerprint density at radius 3 is 3.00 bits per heavy atom. The highest BCUT2D eigenvalue weighted by Gasteiger charge is 2.34. The van der Waals surface area contributed by atoms with Crippen molar-refractivity contribution in [1.29, 1.82) is 0 Å². The van der Waals surface area contributed by atoms with Crippen LogP contribution in [0.3, 0.4) is 0 Å². The third-order valence-electron chi connectivity index (χ3n) is 3.71. The van der Waals surface area contributed by atoms with Crippen LogP contribution < -0.4 is 16.0 Å². The standard InChI is InChI=1S/C15H22N4O4/c1-16-13(20)10-12-14(21)17-7-8-19(12)15(22)18-6-2-4-11-5-3-9-23-11/h3,5,9,12H,2,4,6-8,10H2,1H3,(H,16,20)(H,17,21)(H,18,22)/t12-/m0/s1. The first-order valence-electron chi connectivity index (χ1n) is 7.67. The third kappa shape index (κ3) is 4.73. The fourth-order valence-electron chi connectivity index (χ4n) is 2.45. The first kappa shape index (κ1) is 16.9. The number of carbonyl (C=O) groups excluding carboxylic acids is 3. The second-order valence-electron chi connectivity index (χ2n) is 5.29. The van der Waals surface area contributed by atoms with E-state index in [0.29, 0.717) is 19.6 Å². The number of urea groups is 1. The molecule has 4 amide bonds. The fraction of sp³-hybridized carbons (Fsp3) is 0.533. The van der Waals surface area contributed by atoms with E-state index >= 15 is 0 Å². The molecule has 2 heterocycles. The average molecular weight is 322 g/mol. The van der Waals surface area contributed by atoms with Gasteiger partial charge in [-0.1, -0.05) is 0 Å². The van der Waals surface area contributed by atoms with Crippen molar-refractivity contribution in [2.24, 2.45) is 0 Å². The molecule has 23 heavy (non-hydrogen) atoms. The molecule has 0 bridgehead atoms. The number of rotatable bonds is 6. The Balaban J connectivity index is 1.82. The Hall–Kier alpha value is -2.51. The summed E-state index contributed by atoms with van der Waals surface area (Å²) < 4.78 is 5.22. The fourth-order valence-corrected chi connectivity index (χ4v) is 2.45. The summed E-state index contributed by atoms with van der Waals surface area (Å²) in [5.74, 6) is 0.294. The number of piperazine rings is 1. The topological polar surface area (TPSA) is 104 Å². The summed E-state index contributed by atoms with van der Waals surface area (Å²) >= 11 is 0. The van der Waals surface area contributed by atoms with Gasteiger partial charge in [-0.05, 0) is 18.6 Å². The summed E-state index contributed by atoms with van der Waals surface area (Å²) in [6.07, 6.45) is 3.04. The maximum Gasteiger partial charge on any atom is 0.318 e. The van der Waals surface area contributed by atoms with Crippen molar-refractivity contribution in [2.45, 2.75) is 25.3 Å². The Bertz CT molecular complexity index is 544. The Kier molecular flexibility index (Phi) is 6.02. The normalized spacial score (nSPS) is 17.5. The van der Waals surface area contributed by atoms with Crippen LogP contribution in [-0.2, 0) is 16.0 Å². The van der Waals surface area contributed by atoms with Gasteiger partial charge in [-0.25, -0.2) is 4.79 Å². The molecule has 1 fully saturated rings. The predicted octanol–water partition coefficient (Wildman–Crippen LogP) is -0.142. The van der Waals surface area contributed by atoms with Crippen LogP contribution in [0.5, 0.6) is 0 Å². The quantitative estimate of drug-likeness (QED) is 0.634. The zero-order valence-corrected chi connectivity index (χ0v) is 13.1. The number of carbonyl (C=O) groups is 3. The zero-order valence-electron chi connectivity index (χ0n) is 13.1. The molecule has 3 N–H and O–H groups in total. The van der Waals surface area contributed by atoms with E-state index in [1.54, 1.807) is 6.26 Å². The minimum Gasteiger partial charge on any atom is -0.469 e. The van der Waals surface area contributed by atoms with Crippen molar-refractivity contribution >= 4 is 17.8 Å². The van der Waals surface area contributed by atoms with Gasteiger partial charge >= 0.3 is 6.03 Å². The van der Waals surface area contributed by atoms with E-state index in [0.717, 1.165) is 18.6 Å². The summed E-state index contributed by atoms with van der Waals surface area (Å²) in [6.45, 7) is 1.25. The summed E-state index contributed by atoms with van der Waals surface area (Å²) in [7, 11) is 1.50. The molecule has 0 aliphatic carbocycles. The number of aryl methyl sites for hydroxylation is 1. The van der Waals surface area contributed by atoms with Gasteiger partial charge in [0.1, 0.15) is 11.8 Å². The molecule has 2 rings (SSSR count). The number of hydrogen-bond donors (Lipinski definition) is 3. The number of hydrogen-bond acceptors (Lipinski definition) is 4. The van der Waals surface area contributed by atoms with Gasteiger partial charge in [0.15, 0.2) is 0 Å². The Morgan fingerprint density at radius 2 is 2.30 bits per heavy atom. The van der Waals surface area contributed by atoms with E-state index in [4.69, 9.17) is 4.42 Å². The SMILES string of the molecule is CNC(=O)C[C@H]1C(=O)NCCN1C(=O)NCCCc1ccco1. The molecule has 0 saturated carbocycles. The van der Waals surface area contributed by atoms with Gasteiger partial charge in [0, 0.05) is 33.1 Å². The maximum atomic E-state index is 12.3. The van der Waals surface area contributed by atoms with E-state index in [1.165, 1.54) is 11.9 Å². The van der Waals surface area contributed by atoms with Gasteiger partial charge in [0.2, 0.25) is 11.8 Å². The molecule has 126 valence electrons.